The maximum Gasteiger partial charge on any atom is 0.255 e. The number of amides is 1. The quantitative estimate of drug-likeness (QED) is 0.261. The largest absolute Gasteiger partial charge is 0.490 e. The molecule has 0 bridgehead atoms. The summed E-state index contributed by atoms with van der Waals surface area (Å²) in [6.45, 7) is 4.46. The first-order chi connectivity index (χ1) is 18.4. The number of halogens is 2. The zero-order valence-corrected chi connectivity index (χ0v) is 22.3. The Kier molecular flexibility index (Phi) is 7.53. The minimum atomic E-state index is -0.558. The summed E-state index contributed by atoms with van der Waals surface area (Å²) >= 11 is 12.3. The lowest BCUT2D eigenvalue weighted by molar-refractivity contribution is -0.113. The van der Waals surface area contributed by atoms with Crippen molar-refractivity contribution in [3.8, 4) is 11.5 Å². The highest BCUT2D eigenvalue weighted by Gasteiger charge is 2.34. The number of fused-ring (bicyclic) bond motifs is 1. The second-order valence-corrected chi connectivity index (χ2v) is 9.42. The normalized spacial score (nSPS) is 14.5. The predicted octanol–water partition coefficient (Wildman–Crippen LogP) is 6.49. The van der Waals surface area contributed by atoms with Gasteiger partial charge in [0.25, 0.3) is 5.91 Å². The zero-order chi connectivity index (χ0) is 26.6. The molecule has 2 N–H and O–H groups in total. The van der Waals surface area contributed by atoms with Crippen molar-refractivity contribution >= 4 is 40.7 Å². The Balaban J connectivity index is 1.49. The number of hydrogen-bond donors (Lipinski definition) is 2. The maximum absolute atomic E-state index is 13.6. The number of carbonyl (C=O) groups excluding carboxylic acids is 1. The van der Waals surface area contributed by atoms with Crippen LogP contribution in [0.1, 0.15) is 31.0 Å². The number of hydrogen-bond acceptors (Lipinski definition) is 6. The van der Waals surface area contributed by atoms with E-state index in [1.807, 2.05) is 56.3 Å². The van der Waals surface area contributed by atoms with Crippen LogP contribution in [0.3, 0.4) is 0 Å². The summed E-state index contributed by atoms with van der Waals surface area (Å²) in [6.07, 6.45) is 1.45. The van der Waals surface area contributed by atoms with Crippen molar-refractivity contribution in [2.24, 2.45) is 0 Å². The average molecular weight is 550 g/mol. The van der Waals surface area contributed by atoms with Crippen molar-refractivity contribution in [1.29, 1.82) is 0 Å². The van der Waals surface area contributed by atoms with Crippen LogP contribution in [0.15, 0.2) is 84.3 Å². The lowest BCUT2D eigenvalue weighted by Crippen LogP contribution is -2.31. The van der Waals surface area contributed by atoms with E-state index >= 15 is 0 Å². The van der Waals surface area contributed by atoms with Crippen molar-refractivity contribution in [3.63, 3.8) is 0 Å². The molecule has 0 saturated heterocycles. The summed E-state index contributed by atoms with van der Waals surface area (Å²) in [5.41, 5.74) is 3.43. The van der Waals surface area contributed by atoms with E-state index in [0.717, 1.165) is 11.1 Å². The van der Waals surface area contributed by atoms with E-state index in [2.05, 4.69) is 20.7 Å². The van der Waals surface area contributed by atoms with Crippen molar-refractivity contribution in [2.75, 3.05) is 17.2 Å². The van der Waals surface area contributed by atoms with E-state index in [9.17, 15) is 4.79 Å². The van der Waals surface area contributed by atoms with Crippen molar-refractivity contribution in [2.45, 2.75) is 26.5 Å². The van der Waals surface area contributed by atoms with Gasteiger partial charge in [0.1, 0.15) is 19.0 Å². The molecule has 1 aliphatic heterocycles. The molecule has 38 heavy (non-hydrogen) atoms. The van der Waals surface area contributed by atoms with Crippen LogP contribution in [0.2, 0.25) is 10.0 Å². The first-order valence-corrected chi connectivity index (χ1v) is 12.8. The van der Waals surface area contributed by atoms with Crippen LogP contribution in [-0.2, 0) is 11.4 Å². The molecule has 8 nitrogen and oxygen atoms in total. The highest BCUT2D eigenvalue weighted by Crippen LogP contribution is 2.39. The molecule has 1 amide bonds. The smallest absolute Gasteiger partial charge is 0.255 e. The van der Waals surface area contributed by atoms with Gasteiger partial charge < -0.3 is 20.1 Å². The van der Waals surface area contributed by atoms with Crippen LogP contribution in [0.4, 0.5) is 11.6 Å². The molecule has 1 atom stereocenters. The van der Waals surface area contributed by atoms with Gasteiger partial charge in [-0.3, -0.25) is 4.79 Å². The fourth-order valence-corrected chi connectivity index (χ4v) is 4.59. The first-order valence-electron chi connectivity index (χ1n) is 12.0. The third-order valence-corrected chi connectivity index (χ3v) is 6.69. The number of aromatic nitrogens is 3. The van der Waals surface area contributed by atoms with Gasteiger partial charge in [-0.15, -0.1) is 0 Å². The van der Waals surface area contributed by atoms with E-state index in [4.69, 9.17) is 32.7 Å². The number of allylic oxidation sites excluding steroid dienone is 1. The van der Waals surface area contributed by atoms with Crippen LogP contribution in [0.25, 0.3) is 0 Å². The van der Waals surface area contributed by atoms with E-state index in [0.29, 0.717) is 51.1 Å². The molecule has 1 aliphatic rings. The Morgan fingerprint density at radius 2 is 1.84 bits per heavy atom. The molecule has 194 valence electrons. The first kappa shape index (κ1) is 25.6. The summed E-state index contributed by atoms with van der Waals surface area (Å²) < 4.78 is 13.7. The van der Waals surface area contributed by atoms with Gasteiger partial charge in [0.2, 0.25) is 5.95 Å². The SMILES string of the molecule is CCOc1cc(C2C(C(=O)Nc3ccc(Cl)cc3)=C(C)Nc3ncnn32)ccc1OCc1ccccc1Cl. The van der Waals surface area contributed by atoms with Gasteiger partial charge in [0.05, 0.1) is 12.2 Å². The maximum atomic E-state index is 13.6. The molecule has 4 aromatic rings. The van der Waals surface area contributed by atoms with E-state index in [-0.39, 0.29) is 12.5 Å². The third-order valence-electron chi connectivity index (χ3n) is 6.07. The number of carbonyl (C=O) groups is 1. The standard InChI is InChI=1S/C28H25Cl2N5O3/c1-3-37-24-14-18(8-13-23(24)38-15-19-6-4-5-7-22(19)30)26-25(17(2)33-28-31-16-32-35(26)28)27(36)34-21-11-9-20(29)10-12-21/h4-14,16,26H,3,15H2,1-2H3,(H,34,36)(H,31,32,33). The lowest BCUT2D eigenvalue weighted by atomic mass is 9.94. The molecule has 0 spiro atoms. The number of anilines is 2. The fourth-order valence-electron chi connectivity index (χ4n) is 4.28. The summed E-state index contributed by atoms with van der Waals surface area (Å²) in [5.74, 6) is 1.37. The van der Waals surface area contributed by atoms with Crippen LogP contribution < -0.4 is 20.1 Å². The van der Waals surface area contributed by atoms with Gasteiger partial charge in [0.15, 0.2) is 11.5 Å². The molecule has 5 rings (SSSR count). The number of ether oxygens (including phenoxy) is 2. The Morgan fingerprint density at radius 1 is 1.05 bits per heavy atom. The van der Waals surface area contributed by atoms with Crippen LogP contribution in [0.5, 0.6) is 11.5 Å². The predicted molar refractivity (Wildman–Crippen MR) is 148 cm³/mol. The van der Waals surface area contributed by atoms with Crippen LogP contribution in [-0.4, -0.2) is 27.3 Å². The Hall–Kier alpha value is -4.01. The van der Waals surface area contributed by atoms with Crippen molar-refractivity contribution < 1.29 is 14.3 Å². The summed E-state index contributed by atoms with van der Waals surface area (Å²) in [7, 11) is 0. The number of benzene rings is 3. The molecular weight excluding hydrogens is 525 g/mol. The van der Waals surface area contributed by atoms with E-state index < -0.39 is 6.04 Å². The Labute approximate surface area is 230 Å². The van der Waals surface area contributed by atoms with Gasteiger partial charge in [-0.2, -0.15) is 10.1 Å². The molecule has 0 fully saturated rings. The Bertz CT molecular complexity index is 1500. The second kappa shape index (κ2) is 11.2. The minimum Gasteiger partial charge on any atom is -0.490 e. The Morgan fingerprint density at radius 3 is 2.61 bits per heavy atom. The lowest BCUT2D eigenvalue weighted by Gasteiger charge is -2.29. The number of nitrogens with zero attached hydrogens (tertiary/aromatic N) is 3. The molecule has 1 unspecified atom stereocenters. The molecule has 2 heterocycles. The van der Waals surface area contributed by atoms with Crippen LogP contribution in [0, 0.1) is 0 Å². The number of rotatable bonds is 8. The summed E-state index contributed by atoms with van der Waals surface area (Å²) in [6, 6.07) is 19.5. The summed E-state index contributed by atoms with van der Waals surface area (Å²) in [5, 5.41) is 11.8. The van der Waals surface area contributed by atoms with Crippen molar-refractivity contribution in [3.05, 3.63) is 105 Å². The highest BCUT2D eigenvalue weighted by atomic mass is 35.5. The topological polar surface area (TPSA) is 90.3 Å². The second-order valence-electron chi connectivity index (χ2n) is 8.57. The van der Waals surface area contributed by atoms with Gasteiger partial charge in [0, 0.05) is 27.0 Å². The van der Waals surface area contributed by atoms with Gasteiger partial charge in [-0.1, -0.05) is 47.5 Å². The van der Waals surface area contributed by atoms with Gasteiger partial charge in [-0.05, 0) is 61.9 Å². The summed E-state index contributed by atoms with van der Waals surface area (Å²) in [4.78, 5) is 17.9. The van der Waals surface area contributed by atoms with Crippen molar-refractivity contribution in [1.82, 2.24) is 14.8 Å². The number of nitrogens with one attached hydrogen (secondary N) is 2. The zero-order valence-electron chi connectivity index (χ0n) is 20.7. The molecule has 0 radical (unpaired) electrons. The van der Waals surface area contributed by atoms with Gasteiger partial charge >= 0.3 is 0 Å². The molecular formula is C28H25Cl2N5O3. The average Bonchev–Trinajstić information content (AvgIpc) is 3.37. The molecule has 10 heteroatoms. The molecule has 1 aromatic heterocycles. The fraction of sp³-hybridized carbons (Fsp3) is 0.179. The molecule has 3 aromatic carbocycles. The van der Waals surface area contributed by atoms with E-state index in [1.165, 1.54) is 6.33 Å². The highest BCUT2D eigenvalue weighted by molar-refractivity contribution is 6.31. The monoisotopic (exact) mass is 549 g/mol. The van der Waals surface area contributed by atoms with Gasteiger partial charge in [-0.25, -0.2) is 4.68 Å². The molecule has 0 saturated carbocycles. The van der Waals surface area contributed by atoms with E-state index in [1.54, 1.807) is 28.9 Å². The minimum absolute atomic E-state index is 0.277. The van der Waals surface area contributed by atoms with Crippen LogP contribution >= 0.6 is 23.2 Å². The third kappa shape index (κ3) is 5.32. The molecule has 0 aliphatic carbocycles.